The molecule has 2 heterocycles. The van der Waals surface area contributed by atoms with Gasteiger partial charge in [-0.05, 0) is 44.2 Å². The second kappa shape index (κ2) is 9.13. The summed E-state index contributed by atoms with van der Waals surface area (Å²) in [5.74, 6) is -0.0720. The van der Waals surface area contributed by atoms with Crippen LogP contribution in [0.3, 0.4) is 0 Å². The second-order valence-electron chi connectivity index (χ2n) is 7.37. The van der Waals surface area contributed by atoms with Crippen molar-refractivity contribution in [1.29, 1.82) is 0 Å². The Morgan fingerprint density at radius 2 is 1.81 bits per heavy atom. The molecule has 164 valence electrons. The summed E-state index contributed by atoms with van der Waals surface area (Å²) in [6.07, 6.45) is 3.35. The normalized spacial score (nSPS) is 11.7. The zero-order valence-electron chi connectivity index (χ0n) is 17.8. The molecule has 2 aromatic carbocycles. The van der Waals surface area contributed by atoms with E-state index in [-0.39, 0.29) is 24.7 Å². The third-order valence-electron chi connectivity index (χ3n) is 5.26. The summed E-state index contributed by atoms with van der Waals surface area (Å²) < 4.78 is 29.7. The molecule has 0 bridgehead atoms. The van der Waals surface area contributed by atoms with E-state index < -0.39 is 6.55 Å². The van der Waals surface area contributed by atoms with E-state index in [2.05, 4.69) is 15.4 Å². The number of carbonyl (C=O) groups excluding carboxylic acids is 1. The molecule has 0 atom stereocenters. The quantitative estimate of drug-likeness (QED) is 0.431. The van der Waals surface area contributed by atoms with E-state index in [1.807, 2.05) is 48.9 Å². The Bertz CT molecular complexity index is 1270. The summed E-state index contributed by atoms with van der Waals surface area (Å²) in [5, 5.41) is 7.30. The Labute approximate surface area is 184 Å². The number of fused-ring (bicyclic) bond motifs is 1. The molecule has 0 aliphatic carbocycles. The molecule has 0 saturated carbocycles. The Hall–Kier alpha value is -3.81. The molecule has 0 unspecified atom stereocenters. The van der Waals surface area contributed by atoms with Gasteiger partial charge < -0.3 is 5.32 Å². The molecule has 0 aliphatic rings. The van der Waals surface area contributed by atoms with Gasteiger partial charge in [-0.15, -0.1) is 0 Å². The van der Waals surface area contributed by atoms with Crippen LogP contribution in [0.4, 0.5) is 8.78 Å². The van der Waals surface area contributed by atoms with E-state index in [0.717, 1.165) is 27.2 Å². The molecule has 0 spiro atoms. The van der Waals surface area contributed by atoms with Gasteiger partial charge in [0.1, 0.15) is 5.82 Å². The van der Waals surface area contributed by atoms with Crippen LogP contribution in [0.15, 0.2) is 60.7 Å². The molecular weight excluding hydrogens is 412 g/mol. The predicted molar refractivity (Wildman–Crippen MR) is 120 cm³/mol. The first-order chi connectivity index (χ1) is 15.5. The third kappa shape index (κ3) is 4.30. The molecule has 1 amide bonds. The van der Waals surface area contributed by atoms with Crippen LogP contribution in [0.1, 0.15) is 29.3 Å². The number of para-hydroxylation sites is 3. The lowest BCUT2D eigenvalue weighted by Crippen LogP contribution is -2.24. The van der Waals surface area contributed by atoms with Crippen LogP contribution in [-0.4, -0.2) is 31.8 Å². The molecule has 2 aromatic heterocycles. The number of alkyl halides is 2. The summed E-state index contributed by atoms with van der Waals surface area (Å²) in [5.41, 5.74) is 4.42. The lowest BCUT2D eigenvalue weighted by atomic mass is 10.2. The highest BCUT2D eigenvalue weighted by atomic mass is 19.3. The number of hydrogen-bond donors (Lipinski definition) is 1. The summed E-state index contributed by atoms with van der Waals surface area (Å²) in [6, 6.07) is 16.5. The van der Waals surface area contributed by atoms with Gasteiger partial charge >= 0.3 is 6.55 Å². The second-order valence-corrected chi connectivity index (χ2v) is 7.37. The molecular formula is C24H23F2N5O. The molecule has 32 heavy (non-hydrogen) atoms. The van der Waals surface area contributed by atoms with Gasteiger partial charge in [0.25, 0.3) is 0 Å². The van der Waals surface area contributed by atoms with Gasteiger partial charge in [-0.2, -0.15) is 13.9 Å². The predicted octanol–water partition coefficient (Wildman–Crippen LogP) is 4.61. The number of aromatic nitrogens is 4. The van der Waals surface area contributed by atoms with Crippen LogP contribution in [0.5, 0.6) is 0 Å². The number of amides is 1. The molecule has 6 nitrogen and oxygen atoms in total. The van der Waals surface area contributed by atoms with Crippen LogP contribution in [0, 0.1) is 13.8 Å². The van der Waals surface area contributed by atoms with Crippen molar-refractivity contribution in [2.45, 2.75) is 26.8 Å². The highest BCUT2D eigenvalue weighted by molar-refractivity contribution is 5.92. The highest BCUT2D eigenvalue weighted by Crippen LogP contribution is 2.23. The van der Waals surface area contributed by atoms with Crippen molar-refractivity contribution in [3.8, 4) is 5.69 Å². The molecule has 0 radical (unpaired) electrons. The van der Waals surface area contributed by atoms with E-state index in [1.165, 1.54) is 6.08 Å². The summed E-state index contributed by atoms with van der Waals surface area (Å²) in [6.45, 7) is 1.33. The molecule has 1 N–H and O–H groups in total. The topological polar surface area (TPSA) is 64.7 Å². The first-order valence-corrected chi connectivity index (χ1v) is 10.3. The van der Waals surface area contributed by atoms with Gasteiger partial charge in [0.2, 0.25) is 5.91 Å². The summed E-state index contributed by atoms with van der Waals surface area (Å²) in [7, 11) is 0. The van der Waals surface area contributed by atoms with Crippen molar-refractivity contribution >= 4 is 23.0 Å². The number of imidazole rings is 1. The Morgan fingerprint density at radius 1 is 1.09 bits per heavy atom. The monoisotopic (exact) mass is 435 g/mol. The fourth-order valence-electron chi connectivity index (χ4n) is 3.72. The first-order valence-electron chi connectivity index (χ1n) is 10.3. The molecule has 8 heteroatoms. The van der Waals surface area contributed by atoms with E-state index >= 15 is 0 Å². The molecule has 0 saturated heterocycles. The Balaban J connectivity index is 1.42. The number of carbonyl (C=O) groups is 1. The van der Waals surface area contributed by atoms with E-state index in [0.29, 0.717) is 11.0 Å². The Kier molecular flexibility index (Phi) is 6.11. The van der Waals surface area contributed by atoms with Crippen LogP contribution in [-0.2, 0) is 11.2 Å². The maximum Gasteiger partial charge on any atom is 0.320 e. The average molecular weight is 435 g/mol. The SMILES string of the molecule is Cc1nn(-c2ccccc2)c(C)c1/C=C\C(=O)NCCc1nc2ccccc2n1C(F)F. The number of halogens is 2. The number of nitrogens with one attached hydrogen (secondary N) is 1. The number of rotatable bonds is 7. The fraction of sp³-hybridized carbons (Fsp3) is 0.208. The zero-order valence-corrected chi connectivity index (χ0v) is 17.8. The number of hydrogen-bond acceptors (Lipinski definition) is 3. The molecule has 0 aliphatic heterocycles. The minimum Gasteiger partial charge on any atom is -0.352 e. The number of benzene rings is 2. The van der Waals surface area contributed by atoms with Crippen LogP contribution < -0.4 is 5.32 Å². The number of nitrogens with zero attached hydrogens (tertiary/aromatic N) is 4. The maximum atomic E-state index is 13.5. The number of aryl methyl sites for hydroxylation is 1. The van der Waals surface area contributed by atoms with Crippen molar-refractivity contribution in [2.24, 2.45) is 0 Å². The lowest BCUT2D eigenvalue weighted by Gasteiger charge is -2.08. The van der Waals surface area contributed by atoms with Crippen LogP contribution in [0.25, 0.3) is 22.8 Å². The summed E-state index contributed by atoms with van der Waals surface area (Å²) >= 11 is 0. The molecule has 0 fully saturated rings. The van der Waals surface area contributed by atoms with Gasteiger partial charge in [0.15, 0.2) is 0 Å². The fourth-order valence-corrected chi connectivity index (χ4v) is 3.72. The highest BCUT2D eigenvalue weighted by Gasteiger charge is 2.17. The van der Waals surface area contributed by atoms with E-state index in [4.69, 9.17) is 0 Å². The van der Waals surface area contributed by atoms with Crippen molar-refractivity contribution < 1.29 is 13.6 Å². The standard InChI is InChI=1S/C24H23F2N5O/c1-16-19(17(2)31(29-16)18-8-4-3-5-9-18)12-13-23(32)27-15-14-22-28-20-10-6-7-11-21(20)30(22)24(25)26/h3-13,24H,14-15H2,1-2H3,(H,27,32)/b13-12-. The van der Waals surface area contributed by atoms with E-state index in [1.54, 1.807) is 30.3 Å². The molecule has 4 aromatic rings. The minimum atomic E-state index is -2.69. The van der Waals surface area contributed by atoms with Crippen LogP contribution in [0.2, 0.25) is 0 Å². The summed E-state index contributed by atoms with van der Waals surface area (Å²) in [4.78, 5) is 16.6. The first kappa shape index (κ1) is 21.4. The van der Waals surface area contributed by atoms with Crippen LogP contribution >= 0.6 is 0 Å². The van der Waals surface area contributed by atoms with Gasteiger partial charge in [-0.3, -0.25) is 9.36 Å². The van der Waals surface area contributed by atoms with Gasteiger partial charge in [0, 0.05) is 30.3 Å². The molecule has 4 rings (SSSR count). The van der Waals surface area contributed by atoms with E-state index in [9.17, 15) is 13.6 Å². The van der Waals surface area contributed by atoms with Crippen molar-refractivity contribution in [1.82, 2.24) is 24.6 Å². The third-order valence-corrected chi connectivity index (χ3v) is 5.26. The van der Waals surface area contributed by atoms with Gasteiger partial charge in [-0.1, -0.05) is 30.3 Å². The van der Waals surface area contributed by atoms with Crippen molar-refractivity contribution in [3.63, 3.8) is 0 Å². The maximum absolute atomic E-state index is 13.5. The zero-order chi connectivity index (χ0) is 22.7. The lowest BCUT2D eigenvalue weighted by molar-refractivity contribution is -0.116. The smallest absolute Gasteiger partial charge is 0.320 e. The van der Waals surface area contributed by atoms with Gasteiger partial charge in [-0.25, -0.2) is 9.67 Å². The van der Waals surface area contributed by atoms with Crippen molar-refractivity contribution in [2.75, 3.05) is 6.54 Å². The average Bonchev–Trinajstić information content (AvgIpc) is 3.29. The van der Waals surface area contributed by atoms with Gasteiger partial charge in [0.05, 0.1) is 22.4 Å². The van der Waals surface area contributed by atoms with Crippen molar-refractivity contribution in [3.05, 3.63) is 83.4 Å². The Morgan fingerprint density at radius 3 is 2.56 bits per heavy atom. The minimum absolute atomic E-state index is 0.195. The largest absolute Gasteiger partial charge is 0.352 e.